The molecule has 0 N–H and O–H groups in total. The maximum absolute atomic E-state index is 2.39. The lowest BCUT2D eigenvalue weighted by atomic mass is 9.99. The summed E-state index contributed by atoms with van der Waals surface area (Å²) in [6, 6.07) is 8.86. The minimum absolute atomic E-state index is 1.09. The molecule has 0 nitrogen and oxygen atoms in total. The predicted octanol–water partition coefficient (Wildman–Crippen LogP) is 4.36. The summed E-state index contributed by atoms with van der Waals surface area (Å²) in [6.07, 6.45) is 9.17. The molecule has 0 unspecified atom stereocenters. The van der Waals surface area contributed by atoms with Crippen molar-refractivity contribution in [1.82, 2.24) is 0 Å². The van der Waals surface area contributed by atoms with Crippen LogP contribution in [0.1, 0.15) is 24.0 Å². The van der Waals surface area contributed by atoms with E-state index in [4.69, 9.17) is 0 Å². The standard InChI is InChI=1S/C13H13I/c14-10-11-6-8-13(9-7-11)12-4-2-1-3-5-12/h2,4-9H,1,3,10H2. The van der Waals surface area contributed by atoms with E-state index in [0.29, 0.717) is 0 Å². The molecule has 0 saturated heterocycles. The Bertz CT molecular complexity index is 357. The van der Waals surface area contributed by atoms with Gasteiger partial charge in [0, 0.05) is 4.43 Å². The Morgan fingerprint density at radius 3 is 2.43 bits per heavy atom. The Kier molecular flexibility index (Phi) is 3.40. The zero-order chi connectivity index (χ0) is 9.80. The first kappa shape index (κ1) is 9.97. The smallest absolute Gasteiger partial charge is 0.0247 e. The molecule has 1 aromatic rings. The first-order valence-electron chi connectivity index (χ1n) is 4.92. The van der Waals surface area contributed by atoms with Gasteiger partial charge in [0.25, 0.3) is 0 Å². The molecule has 1 aliphatic carbocycles. The van der Waals surface area contributed by atoms with Crippen molar-refractivity contribution < 1.29 is 0 Å². The minimum Gasteiger partial charge on any atom is -0.0836 e. The van der Waals surface area contributed by atoms with Gasteiger partial charge in [-0.1, -0.05) is 65.1 Å². The van der Waals surface area contributed by atoms with Crippen LogP contribution in [0.5, 0.6) is 0 Å². The molecule has 2 rings (SSSR count). The number of allylic oxidation sites excluding steroid dienone is 4. The average Bonchev–Trinajstić information content (AvgIpc) is 2.30. The van der Waals surface area contributed by atoms with E-state index in [1.54, 1.807) is 0 Å². The second kappa shape index (κ2) is 4.78. The van der Waals surface area contributed by atoms with Crippen LogP contribution in [0.2, 0.25) is 0 Å². The Hall–Kier alpha value is -0.570. The molecule has 0 fully saturated rings. The Balaban J connectivity index is 2.24. The van der Waals surface area contributed by atoms with Crippen molar-refractivity contribution in [3.05, 3.63) is 53.6 Å². The van der Waals surface area contributed by atoms with Crippen molar-refractivity contribution in [2.75, 3.05) is 0 Å². The van der Waals surface area contributed by atoms with Gasteiger partial charge < -0.3 is 0 Å². The van der Waals surface area contributed by atoms with Crippen LogP contribution >= 0.6 is 22.6 Å². The van der Waals surface area contributed by atoms with Crippen LogP contribution in [0.4, 0.5) is 0 Å². The molecule has 0 radical (unpaired) electrons. The molecular weight excluding hydrogens is 283 g/mol. The van der Waals surface area contributed by atoms with Gasteiger partial charge in [-0.3, -0.25) is 0 Å². The van der Waals surface area contributed by atoms with Crippen molar-refractivity contribution in [2.24, 2.45) is 0 Å². The molecule has 0 heterocycles. The molecular formula is C13H13I. The largest absolute Gasteiger partial charge is 0.0836 e. The first-order valence-corrected chi connectivity index (χ1v) is 6.44. The topological polar surface area (TPSA) is 0 Å². The van der Waals surface area contributed by atoms with Gasteiger partial charge in [-0.05, 0) is 29.5 Å². The van der Waals surface area contributed by atoms with Gasteiger partial charge >= 0.3 is 0 Å². The summed E-state index contributed by atoms with van der Waals surface area (Å²) in [5.74, 6) is 0. The van der Waals surface area contributed by atoms with Crippen molar-refractivity contribution in [1.29, 1.82) is 0 Å². The van der Waals surface area contributed by atoms with E-state index < -0.39 is 0 Å². The van der Waals surface area contributed by atoms with Crippen LogP contribution in [0.25, 0.3) is 5.57 Å². The number of alkyl halides is 1. The average molecular weight is 296 g/mol. The van der Waals surface area contributed by atoms with E-state index in [0.717, 1.165) is 4.43 Å². The van der Waals surface area contributed by atoms with E-state index in [1.807, 2.05) is 0 Å². The Morgan fingerprint density at radius 2 is 1.86 bits per heavy atom. The van der Waals surface area contributed by atoms with Gasteiger partial charge in [-0.2, -0.15) is 0 Å². The molecule has 0 spiro atoms. The Labute approximate surface area is 98.9 Å². The number of rotatable bonds is 2. The molecule has 1 heteroatoms. The molecule has 1 aromatic carbocycles. The molecule has 1 aliphatic rings. The molecule has 0 atom stereocenters. The molecule has 0 aromatic heterocycles. The Morgan fingerprint density at radius 1 is 1.07 bits per heavy atom. The van der Waals surface area contributed by atoms with Crippen LogP contribution < -0.4 is 0 Å². The lowest BCUT2D eigenvalue weighted by Crippen LogP contribution is -1.86. The van der Waals surface area contributed by atoms with Crippen LogP contribution in [0.3, 0.4) is 0 Å². The summed E-state index contributed by atoms with van der Waals surface area (Å²) in [5, 5.41) is 0. The van der Waals surface area contributed by atoms with Crippen LogP contribution in [-0.4, -0.2) is 0 Å². The zero-order valence-electron chi connectivity index (χ0n) is 8.04. The quantitative estimate of drug-likeness (QED) is 0.562. The number of hydrogen-bond donors (Lipinski definition) is 0. The molecule has 0 amide bonds. The summed E-state index contributed by atoms with van der Waals surface area (Å²) < 4.78 is 1.09. The highest BCUT2D eigenvalue weighted by Crippen LogP contribution is 2.21. The monoisotopic (exact) mass is 296 g/mol. The van der Waals surface area contributed by atoms with E-state index in [9.17, 15) is 0 Å². The molecule has 0 aliphatic heterocycles. The predicted molar refractivity (Wildman–Crippen MR) is 70.5 cm³/mol. The second-order valence-corrected chi connectivity index (χ2v) is 4.23. The number of hydrogen-bond acceptors (Lipinski definition) is 0. The molecule has 0 saturated carbocycles. The summed E-state index contributed by atoms with van der Waals surface area (Å²) in [4.78, 5) is 0. The summed E-state index contributed by atoms with van der Waals surface area (Å²) in [6.45, 7) is 0. The third-order valence-electron chi connectivity index (χ3n) is 2.44. The van der Waals surface area contributed by atoms with Crippen molar-refractivity contribution >= 4 is 28.2 Å². The highest BCUT2D eigenvalue weighted by Gasteiger charge is 2.00. The number of halogens is 1. The normalized spacial score (nSPS) is 15.4. The van der Waals surface area contributed by atoms with E-state index in [-0.39, 0.29) is 0 Å². The van der Waals surface area contributed by atoms with Crippen molar-refractivity contribution in [3.63, 3.8) is 0 Å². The zero-order valence-corrected chi connectivity index (χ0v) is 10.2. The highest BCUT2D eigenvalue weighted by atomic mass is 127. The first-order chi connectivity index (χ1) is 6.90. The SMILES string of the molecule is ICc1ccc(C2=CCCC=C2)cc1. The molecule has 72 valence electrons. The van der Waals surface area contributed by atoms with Crippen LogP contribution in [0, 0.1) is 0 Å². The van der Waals surface area contributed by atoms with Crippen molar-refractivity contribution in [3.8, 4) is 0 Å². The molecule has 14 heavy (non-hydrogen) atoms. The van der Waals surface area contributed by atoms with Gasteiger partial charge in [-0.15, -0.1) is 0 Å². The molecule has 0 bridgehead atoms. The van der Waals surface area contributed by atoms with E-state index >= 15 is 0 Å². The number of benzene rings is 1. The third-order valence-corrected chi connectivity index (χ3v) is 3.32. The van der Waals surface area contributed by atoms with Crippen LogP contribution in [-0.2, 0) is 4.43 Å². The fraction of sp³-hybridized carbons (Fsp3) is 0.231. The van der Waals surface area contributed by atoms with Gasteiger partial charge in [0.1, 0.15) is 0 Å². The minimum atomic E-state index is 1.09. The summed E-state index contributed by atoms with van der Waals surface area (Å²) in [5.41, 5.74) is 4.11. The third kappa shape index (κ3) is 2.27. The maximum atomic E-state index is 2.39. The summed E-state index contributed by atoms with van der Waals surface area (Å²) >= 11 is 2.39. The fourth-order valence-electron chi connectivity index (χ4n) is 1.61. The maximum Gasteiger partial charge on any atom is 0.0247 e. The van der Waals surface area contributed by atoms with Crippen molar-refractivity contribution in [2.45, 2.75) is 17.3 Å². The van der Waals surface area contributed by atoms with E-state index in [1.165, 1.54) is 29.5 Å². The van der Waals surface area contributed by atoms with Gasteiger partial charge in [-0.25, -0.2) is 0 Å². The van der Waals surface area contributed by atoms with Gasteiger partial charge in [0.05, 0.1) is 0 Å². The van der Waals surface area contributed by atoms with Gasteiger partial charge in [0.15, 0.2) is 0 Å². The van der Waals surface area contributed by atoms with E-state index in [2.05, 4.69) is 65.1 Å². The lowest BCUT2D eigenvalue weighted by molar-refractivity contribution is 1.04. The lowest BCUT2D eigenvalue weighted by Gasteiger charge is -2.07. The highest BCUT2D eigenvalue weighted by molar-refractivity contribution is 14.1. The van der Waals surface area contributed by atoms with Gasteiger partial charge in [0.2, 0.25) is 0 Å². The van der Waals surface area contributed by atoms with Crippen LogP contribution in [0.15, 0.2) is 42.5 Å². The fourth-order valence-corrected chi connectivity index (χ4v) is 2.12. The second-order valence-electron chi connectivity index (χ2n) is 3.47. The summed E-state index contributed by atoms with van der Waals surface area (Å²) in [7, 11) is 0.